The smallest absolute Gasteiger partial charge is 0.323 e. The van der Waals surface area contributed by atoms with Crippen molar-refractivity contribution in [1.82, 2.24) is 0 Å². The quantitative estimate of drug-likeness (QED) is 0.614. The zero-order chi connectivity index (χ0) is 15.0. The van der Waals surface area contributed by atoms with Crippen LogP contribution < -0.4 is 0 Å². The molecule has 1 atom stereocenters. The summed E-state index contributed by atoms with van der Waals surface area (Å²) in [6.45, 7) is 3.53. The maximum atomic E-state index is 11.9. The molecule has 1 rings (SSSR count). The molecule has 1 aromatic carbocycles. The van der Waals surface area contributed by atoms with E-state index in [4.69, 9.17) is 4.74 Å². The van der Waals surface area contributed by atoms with Crippen LogP contribution in [0.5, 0.6) is 0 Å². The number of esters is 1. The van der Waals surface area contributed by atoms with Crippen molar-refractivity contribution in [2.45, 2.75) is 26.7 Å². The second kappa shape index (κ2) is 7.48. The van der Waals surface area contributed by atoms with Crippen LogP contribution in [0.15, 0.2) is 36.4 Å². The molecule has 0 aliphatic heterocycles. The van der Waals surface area contributed by atoms with Gasteiger partial charge in [0.1, 0.15) is 0 Å². The molecule has 0 radical (unpaired) electrons. The van der Waals surface area contributed by atoms with Crippen LogP contribution in [0.1, 0.15) is 32.3 Å². The topological polar surface area (TPSA) is 63.6 Å². The third-order valence-electron chi connectivity index (χ3n) is 3.26. The Morgan fingerprint density at radius 3 is 2.40 bits per heavy atom. The summed E-state index contributed by atoms with van der Waals surface area (Å²) in [4.78, 5) is 23.4. The summed E-state index contributed by atoms with van der Waals surface area (Å²) in [5.74, 6) is -1.82. The second-order valence-corrected chi connectivity index (χ2v) is 4.48. The van der Waals surface area contributed by atoms with Crippen molar-refractivity contribution in [3.8, 4) is 0 Å². The molecule has 0 saturated heterocycles. The average molecular weight is 276 g/mol. The molecular formula is C16H20O4. The number of hydrogen-bond donors (Lipinski definition) is 1. The number of carboxylic acids is 1. The molecule has 0 heterocycles. The van der Waals surface area contributed by atoms with Crippen LogP contribution in [0.3, 0.4) is 0 Å². The van der Waals surface area contributed by atoms with Crippen LogP contribution in [-0.4, -0.2) is 23.7 Å². The van der Waals surface area contributed by atoms with E-state index >= 15 is 0 Å². The minimum absolute atomic E-state index is 0.118. The van der Waals surface area contributed by atoms with Gasteiger partial charge in [-0.15, -0.1) is 0 Å². The third-order valence-corrected chi connectivity index (χ3v) is 3.26. The maximum absolute atomic E-state index is 11.9. The van der Waals surface area contributed by atoms with Gasteiger partial charge in [0.15, 0.2) is 5.41 Å². The van der Waals surface area contributed by atoms with Gasteiger partial charge >= 0.3 is 11.9 Å². The minimum atomic E-state index is -1.50. The lowest BCUT2D eigenvalue weighted by Gasteiger charge is -2.24. The molecule has 20 heavy (non-hydrogen) atoms. The lowest BCUT2D eigenvalue weighted by Crippen LogP contribution is -2.39. The van der Waals surface area contributed by atoms with Crippen LogP contribution in [0.4, 0.5) is 0 Å². The van der Waals surface area contributed by atoms with Crippen molar-refractivity contribution in [2.75, 3.05) is 6.61 Å². The number of carboxylic acid groups (broad SMARTS) is 1. The molecule has 0 fully saturated rings. The number of hydrogen-bond acceptors (Lipinski definition) is 3. The Balaban J connectivity index is 2.88. The predicted molar refractivity (Wildman–Crippen MR) is 77.1 cm³/mol. The van der Waals surface area contributed by atoms with E-state index < -0.39 is 17.4 Å². The molecule has 0 aromatic heterocycles. The number of rotatable bonds is 7. The Hall–Kier alpha value is -2.10. The number of allylic oxidation sites excluding steroid dienone is 1. The van der Waals surface area contributed by atoms with Crippen LogP contribution in [0, 0.1) is 5.41 Å². The highest BCUT2D eigenvalue weighted by molar-refractivity contribution is 5.99. The van der Waals surface area contributed by atoms with Crippen molar-refractivity contribution < 1.29 is 19.4 Å². The van der Waals surface area contributed by atoms with Gasteiger partial charge in [0.05, 0.1) is 6.61 Å². The van der Waals surface area contributed by atoms with E-state index in [0.29, 0.717) is 0 Å². The molecule has 0 aliphatic carbocycles. The molecule has 0 amide bonds. The first-order valence-corrected chi connectivity index (χ1v) is 6.69. The van der Waals surface area contributed by atoms with Gasteiger partial charge in [-0.2, -0.15) is 0 Å². The second-order valence-electron chi connectivity index (χ2n) is 4.48. The van der Waals surface area contributed by atoms with Crippen molar-refractivity contribution in [3.05, 3.63) is 42.0 Å². The standard InChI is InChI=1S/C16H20O4/c1-3-16(14(17)18,15(19)20-4-2)12-8-11-13-9-6-5-7-10-13/h5-11H,3-4,12H2,1-2H3,(H,17,18)/b11-8+. The predicted octanol–water partition coefficient (Wildman–Crippen LogP) is 3.13. The van der Waals surface area contributed by atoms with Crippen LogP contribution in [-0.2, 0) is 14.3 Å². The van der Waals surface area contributed by atoms with Crippen molar-refractivity contribution >= 4 is 18.0 Å². The summed E-state index contributed by atoms with van der Waals surface area (Å²) in [7, 11) is 0. The molecule has 4 nitrogen and oxygen atoms in total. The molecule has 0 saturated carbocycles. The molecule has 1 unspecified atom stereocenters. The lowest BCUT2D eigenvalue weighted by molar-refractivity contribution is -0.168. The van der Waals surface area contributed by atoms with Crippen LogP contribution >= 0.6 is 0 Å². The molecule has 0 spiro atoms. The zero-order valence-electron chi connectivity index (χ0n) is 11.8. The summed E-state index contributed by atoms with van der Waals surface area (Å²) in [6.07, 6.45) is 3.84. The highest BCUT2D eigenvalue weighted by Gasteiger charge is 2.45. The molecular weight excluding hydrogens is 256 g/mol. The van der Waals surface area contributed by atoms with Gasteiger partial charge in [-0.25, -0.2) is 0 Å². The van der Waals surface area contributed by atoms with E-state index in [1.807, 2.05) is 36.4 Å². The van der Waals surface area contributed by atoms with E-state index in [-0.39, 0.29) is 19.4 Å². The van der Waals surface area contributed by atoms with E-state index in [2.05, 4.69) is 0 Å². The fourth-order valence-corrected chi connectivity index (χ4v) is 1.93. The first kappa shape index (κ1) is 16.0. The van der Waals surface area contributed by atoms with E-state index in [0.717, 1.165) is 5.56 Å². The molecule has 1 aromatic rings. The number of carbonyl (C=O) groups excluding carboxylic acids is 1. The van der Waals surface area contributed by atoms with Crippen molar-refractivity contribution in [3.63, 3.8) is 0 Å². The summed E-state index contributed by atoms with van der Waals surface area (Å²) in [6, 6.07) is 9.53. The molecule has 1 N–H and O–H groups in total. The third kappa shape index (κ3) is 3.70. The highest BCUT2D eigenvalue weighted by Crippen LogP contribution is 2.30. The van der Waals surface area contributed by atoms with Gasteiger partial charge < -0.3 is 9.84 Å². The Morgan fingerprint density at radius 2 is 1.90 bits per heavy atom. The summed E-state index contributed by atoms with van der Waals surface area (Å²) in [5.41, 5.74) is -0.534. The Labute approximate surface area is 119 Å². The Morgan fingerprint density at radius 1 is 1.25 bits per heavy atom. The molecule has 0 aliphatic rings. The molecule has 108 valence electrons. The number of ether oxygens (including phenoxy) is 1. The molecule has 0 bridgehead atoms. The van der Waals surface area contributed by atoms with Crippen LogP contribution in [0.25, 0.3) is 6.08 Å². The van der Waals surface area contributed by atoms with Gasteiger partial charge in [-0.05, 0) is 25.3 Å². The van der Waals surface area contributed by atoms with Crippen molar-refractivity contribution in [1.29, 1.82) is 0 Å². The van der Waals surface area contributed by atoms with E-state index in [9.17, 15) is 14.7 Å². The summed E-state index contributed by atoms with van der Waals surface area (Å²) >= 11 is 0. The number of carbonyl (C=O) groups is 2. The zero-order valence-corrected chi connectivity index (χ0v) is 11.8. The summed E-state index contributed by atoms with van der Waals surface area (Å²) < 4.78 is 4.91. The van der Waals surface area contributed by atoms with E-state index in [1.54, 1.807) is 19.9 Å². The van der Waals surface area contributed by atoms with Gasteiger partial charge in [0, 0.05) is 0 Å². The number of aliphatic carboxylic acids is 1. The SMILES string of the molecule is CCOC(=O)C(CC)(C/C=C/c1ccccc1)C(=O)O. The first-order valence-electron chi connectivity index (χ1n) is 6.69. The van der Waals surface area contributed by atoms with Gasteiger partial charge in [0.2, 0.25) is 0 Å². The monoisotopic (exact) mass is 276 g/mol. The number of benzene rings is 1. The largest absolute Gasteiger partial charge is 0.480 e. The highest BCUT2D eigenvalue weighted by atomic mass is 16.5. The Kier molecular flexibility index (Phi) is 5.97. The van der Waals surface area contributed by atoms with E-state index in [1.165, 1.54) is 0 Å². The van der Waals surface area contributed by atoms with Gasteiger partial charge in [0.25, 0.3) is 0 Å². The van der Waals surface area contributed by atoms with Crippen molar-refractivity contribution in [2.24, 2.45) is 5.41 Å². The van der Waals surface area contributed by atoms with Gasteiger partial charge in [-0.3, -0.25) is 9.59 Å². The van der Waals surface area contributed by atoms with Crippen LogP contribution in [0.2, 0.25) is 0 Å². The maximum Gasteiger partial charge on any atom is 0.323 e. The minimum Gasteiger partial charge on any atom is -0.480 e. The Bertz CT molecular complexity index is 479. The average Bonchev–Trinajstić information content (AvgIpc) is 2.44. The molecule has 4 heteroatoms. The summed E-state index contributed by atoms with van der Waals surface area (Å²) in [5, 5.41) is 9.38. The normalized spacial score (nSPS) is 13.9. The first-order chi connectivity index (χ1) is 9.56. The van der Waals surface area contributed by atoms with Gasteiger partial charge in [-0.1, -0.05) is 49.4 Å². The fraction of sp³-hybridized carbons (Fsp3) is 0.375. The fourth-order valence-electron chi connectivity index (χ4n) is 1.93. The lowest BCUT2D eigenvalue weighted by atomic mass is 9.81.